The van der Waals surface area contributed by atoms with Gasteiger partial charge in [0, 0.05) is 11.5 Å². The summed E-state index contributed by atoms with van der Waals surface area (Å²) in [6, 6.07) is 6.98. The summed E-state index contributed by atoms with van der Waals surface area (Å²) in [4.78, 5) is 8.79. The van der Waals surface area contributed by atoms with E-state index in [1.165, 1.54) is 20.1 Å². The van der Waals surface area contributed by atoms with Crippen LogP contribution < -0.4 is 15.4 Å². The Morgan fingerprint density at radius 1 is 1.17 bits per heavy atom. The van der Waals surface area contributed by atoms with Gasteiger partial charge in [-0.1, -0.05) is 12.1 Å². The smallest absolute Gasteiger partial charge is 0.416 e. The zero-order valence-electron chi connectivity index (χ0n) is 16.3. The molecule has 0 amide bonds. The van der Waals surface area contributed by atoms with Crippen LogP contribution in [0.15, 0.2) is 30.3 Å². The number of nitrogens with zero attached hydrogens (tertiary/aromatic N) is 2. The number of ether oxygens (including phenoxy) is 1. The molecular formula is C20H19F3N3O2P. The Morgan fingerprint density at radius 3 is 2.52 bits per heavy atom. The highest BCUT2D eigenvalue weighted by Crippen LogP contribution is 2.35. The van der Waals surface area contributed by atoms with Gasteiger partial charge < -0.3 is 10.1 Å². The Bertz CT molecular complexity index is 1090. The average Bonchev–Trinajstić information content (AvgIpc) is 2.65. The minimum atomic E-state index is -4.42. The van der Waals surface area contributed by atoms with Crippen LogP contribution in [-0.4, -0.2) is 17.1 Å². The van der Waals surface area contributed by atoms with E-state index in [0.29, 0.717) is 39.2 Å². The van der Waals surface area contributed by atoms with Crippen molar-refractivity contribution in [3.05, 3.63) is 52.8 Å². The van der Waals surface area contributed by atoms with Crippen molar-refractivity contribution in [3.63, 3.8) is 0 Å². The number of halogens is 3. The van der Waals surface area contributed by atoms with Gasteiger partial charge in [0.1, 0.15) is 17.4 Å². The minimum Gasteiger partial charge on any atom is -0.496 e. The van der Waals surface area contributed by atoms with E-state index in [-0.39, 0.29) is 14.0 Å². The van der Waals surface area contributed by atoms with Gasteiger partial charge in [0.15, 0.2) is 8.46 Å². The van der Waals surface area contributed by atoms with Gasteiger partial charge in [-0.15, -0.1) is 0 Å². The Kier molecular flexibility index (Phi) is 5.75. The standard InChI is InChI=1S/C20H19F3N3O2P/c1-10-13(6-5-7-15(10)20(21,22)23)11(2)24-19-14-8-18(29-27)17(28-4)9-16(14)25-12(3)26-19/h5-9,11H,1-4H3,(H,24,25,26). The highest BCUT2D eigenvalue weighted by atomic mass is 31.1. The molecule has 1 N–H and O–H groups in total. The molecule has 1 heterocycles. The largest absolute Gasteiger partial charge is 0.496 e. The van der Waals surface area contributed by atoms with Crippen LogP contribution in [0.25, 0.3) is 10.9 Å². The molecule has 0 saturated heterocycles. The van der Waals surface area contributed by atoms with E-state index in [1.807, 2.05) is 0 Å². The van der Waals surface area contributed by atoms with Gasteiger partial charge in [-0.3, -0.25) is 4.57 Å². The van der Waals surface area contributed by atoms with Crippen molar-refractivity contribution >= 4 is 30.5 Å². The van der Waals surface area contributed by atoms with E-state index in [2.05, 4.69) is 15.3 Å². The highest BCUT2D eigenvalue weighted by Gasteiger charge is 2.33. The third-order valence-corrected chi connectivity index (χ3v) is 5.25. The van der Waals surface area contributed by atoms with Crippen LogP contribution in [0.3, 0.4) is 0 Å². The lowest BCUT2D eigenvalue weighted by Gasteiger charge is -2.21. The topological polar surface area (TPSA) is 64.1 Å². The third-order valence-electron chi connectivity index (χ3n) is 4.71. The summed E-state index contributed by atoms with van der Waals surface area (Å²) < 4.78 is 56.5. The van der Waals surface area contributed by atoms with Crippen LogP contribution in [0.1, 0.15) is 35.5 Å². The van der Waals surface area contributed by atoms with E-state index in [1.54, 1.807) is 32.0 Å². The molecule has 3 rings (SSSR count). The second-order valence-corrected chi connectivity index (χ2v) is 7.30. The predicted molar refractivity (Wildman–Crippen MR) is 106 cm³/mol. The molecule has 1 aromatic heterocycles. The van der Waals surface area contributed by atoms with Crippen molar-refractivity contribution < 1.29 is 22.5 Å². The molecule has 0 bridgehead atoms. The van der Waals surface area contributed by atoms with Crippen LogP contribution in [-0.2, 0) is 10.7 Å². The number of anilines is 1. The first-order valence-electron chi connectivity index (χ1n) is 8.78. The normalized spacial score (nSPS) is 12.9. The highest BCUT2D eigenvalue weighted by molar-refractivity contribution is 7.34. The molecule has 29 heavy (non-hydrogen) atoms. The van der Waals surface area contributed by atoms with Gasteiger partial charge in [0.25, 0.3) is 0 Å². The number of nitrogens with one attached hydrogen (secondary N) is 1. The van der Waals surface area contributed by atoms with Crippen LogP contribution in [0.4, 0.5) is 19.0 Å². The lowest BCUT2D eigenvalue weighted by atomic mass is 9.97. The van der Waals surface area contributed by atoms with Crippen molar-refractivity contribution in [2.24, 2.45) is 0 Å². The second-order valence-electron chi connectivity index (χ2n) is 6.64. The first-order valence-corrected chi connectivity index (χ1v) is 9.60. The summed E-state index contributed by atoms with van der Waals surface area (Å²) in [5.74, 6) is 1.37. The molecule has 0 spiro atoms. The first-order chi connectivity index (χ1) is 13.7. The molecule has 1 unspecified atom stereocenters. The number of fused-ring (bicyclic) bond motifs is 1. The van der Waals surface area contributed by atoms with E-state index in [0.717, 1.165) is 6.07 Å². The van der Waals surface area contributed by atoms with E-state index in [4.69, 9.17) is 4.74 Å². The first kappa shape index (κ1) is 21.0. The molecule has 5 nitrogen and oxygen atoms in total. The molecule has 1 atom stereocenters. The van der Waals surface area contributed by atoms with E-state index in [9.17, 15) is 17.7 Å². The number of hydrogen-bond donors (Lipinski definition) is 1. The van der Waals surface area contributed by atoms with Gasteiger partial charge in [-0.25, -0.2) is 9.97 Å². The molecule has 152 valence electrons. The Balaban J connectivity index is 2.07. The molecule has 0 aliphatic rings. The maximum atomic E-state index is 13.3. The molecule has 2 aromatic carbocycles. The molecule has 3 aromatic rings. The molecule has 0 radical (unpaired) electrons. The summed E-state index contributed by atoms with van der Waals surface area (Å²) in [6.07, 6.45) is -4.42. The second kappa shape index (κ2) is 7.95. The Labute approximate surface area is 167 Å². The molecular weight excluding hydrogens is 402 g/mol. The maximum Gasteiger partial charge on any atom is 0.416 e. The molecule has 0 aliphatic heterocycles. The number of aromatic nitrogens is 2. The summed E-state index contributed by atoms with van der Waals surface area (Å²) in [6.45, 7) is 4.94. The van der Waals surface area contributed by atoms with Crippen molar-refractivity contribution in [2.75, 3.05) is 12.4 Å². The van der Waals surface area contributed by atoms with Crippen LogP contribution >= 0.6 is 8.46 Å². The van der Waals surface area contributed by atoms with Gasteiger partial charge in [0.2, 0.25) is 0 Å². The quantitative estimate of drug-likeness (QED) is 0.562. The number of benzene rings is 2. The maximum absolute atomic E-state index is 13.3. The average molecular weight is 421 g/mol. The number of hydrogen-bond acceptors (Lipinski definition) is 5. The number of methoxy groups -OCH3 is 1. The van der Waals surface area contributed by atoms with Gasteiger partial charge in [-0.05, 0) is 44.0 Å². The molecule has 0 fully saturated rings. The van der Waals surface area contributed by atoms with Crippen LogP contribution in [0.2, 0.25) is 0 Å². The van der Waals surface area contributed by atoms with Gasteiger partial charge >= 0.3 is 6.18 Å². The van der Waals surface area contributed by atoms with Gasteiger partial charge in [0.05, 0.1) is 29.5 Å². The molecule has 0 saturated carbocycles. The summed E-state index contributed by atoms with van der Waals surface area (Å²) in [5, 5.41) is 4.22. The summed E-state index contributed by atoms with van der Waals surface area (Å²) in [5.41, 5.74) is 0.595. The van der Waals surface area contributed by atoms with Crippen molar-refractivity contribution in [1.29, 1.82) is 0 Å². The summed E-state index contributed by atoms with van der Waals surface area (Å²) in [7, 11) is 1.25. The monoisotopic (exact) mass is 421 g/mol. The Hall–Kier alpha value is -2.73. The lowest BCUT2D eigenvalue weighted by molar-refractivity contribution is -0.138. The number of rotatable bonds is 5. The third kappa shape index (κ3) is 4.17. The number of alkyl halides is 3. The van der Waals surface area contributed by atoms with Crippen molar-refractivity contribution in [1.82, 2.24) is 9.97 Å². The van der Waals surface area contributed by atoms with Crippen LogP contribution in [0, 0.1) is 13.8 Å². The van der Waals surface area contributed by atoms with E-state index >= 15 is 0 Å². The predicted octanol–water partition coefficient (Wildman–Crippen LogP) is 5.36. The SMILES string of the molecule is COc1cc2nc(C)nc(NC(C)c3cccc(C(F)(F)F)c3C)c2cc1P=O. The zero-order valence-corrected chi connectivity index (χ0v) is 17.2. The zero-order chi connectivity index (χ0) is 21.3. The molecule has 9 heteroatoms. The van der Waals surface area contributed by atoms with Crippen molar-refractivity contribution in [2.45, 2.75) is 33.0 Å². The van der Waals surface area contributed by atoms with E-state index < -0.39 is 17.8 Å². The fourth-order valence-electron chi connectivity index (χ4n) is 3.32. The van der Waals surface area contributed by atoms with Crippen molar-refractivity contribution in [3.8, 4) is 5.75 Å². The lowest BCUT2D eigenvalue weighted by Crippen LogP contribution is -2.15. The van der Waals surface area contributed by atoms with Crippen LogP contribution in [0.5, 0.6) is 5.75 Å². The van der Waals surface area contributed by atoms with Gasteiger partial charge in [-0.2, -0.15) is 13.2 Å². The minimum absolute atomic E-state index is 0.163. The number of aryl methyl sites for hydroxylation is 1. The fraction of sp³-hybridized carbons (Fsp3) is 0.300. The summed E-state index contributed by atoms with van der Waals surface area (Å²) >= 11 is 0. The molecule has 0 aliphatic carbocycles. The Morgan fingerprint density at radius 2 is 1.90 bits per heavy atom. The fourth-order valence-corrected chi connectivity index (χ4v) is 3.75.